The summed E-state index contributed by atoms with van der Waals surface area (Å²) < 4.78 is 5.56. The van der Waals surface area contributed by atoms with Crippen LogP contribution in [0.4, 0.5) is 0 Å². The molecule has 1 aromatic rings. The van der Waals surface area contributed by atoms with E-state index < -0.39 is 0 Å². The van der Waals surface area contributed by atoms with Gasteiger partial charge < -0.3 is 14.5 Å². The van der Waals surface area contributed by atoms with E-state index in [4.69, 9.17) is 4.74 Å². The second-order valence-electron chi connectivity index (χ2n) is 8.82. The maximum atomic E-state index is 12.9. The monoisotopic (exact) mass is 356 g/mol. The predicted octanol–water partition coefficient (Wildman–Crippen LogP) is 2.74. The molecule has 2 heterocycles. The SMILES string of the molecule is COC[C@@H]1CN(CC2CC2)C[C@]12CCN(C(=O)Cc1ccccc1C)C2. The Kier molecular flexibility index (Phi) is 5.07. The van der Waals surface area contributed by atoms with Gasteiger partial charge in [-0.3, -0.25) is 4.79 Å². The Morgan fingerprint density at radius 1 is 1.27 bits per heavy atom. The number of nitrogens with zero attached hydrogens (tertiary/aromatic N) is 2. The van der Waals surface area contributed by atoms with Gasteiger partial charge in [-0.05, 0) is 43.2 Å². The number of amides is 1. The van der Waals surface area contributed by atoms with Crippen molar-refractivity contribution in [3.63, 3.8) is 0 Å². The maximum Gasteiger partial charge on any atom is 0.227 e. The third-order valence-electron chi connectivity index (χ3n) is 6.81. The number of ether oxygens (including phenoxy) is 1. The van der Waals surface area contributed by atoms with Crippen LogP contribution in [0, 0.1) is 24.2 Å². The molecular weight excluding hydrogens is 324 g/mol. The highest BCUT2D eigenvalue weighted by Crippen LogP contribution is 2.45. The summed E-state index contributed by atoms with van der Waals surface area (Å²) in [5, 5.41) is 0. The van der Waals surface area contributed by atoms with Gasteiger partial charge in [-0.15, -0.1) is 0 Å². The Morgan fingerprint density at radius 2 is 2.08 bits per heavy atom. The largest absolute Gasteiger partial charge is 0.384 e. The van der Waals surface area contributed by atoms with Crippen LogP contribution in [-0.2, 0) is 16.0 Å². The fraction of sp³-hybridized carbons (Fsp3) is 0.682. The van der Waals surface area contributed by atoms with Crippen LogP contribution in [-0.4, -0.2) is 62.1 Å². The second-order valence-corrected chi connectivity index (χ2v) is 8.82. The molecule has 1 saturated carbocycles. The molecule has 4 rings (SSSR count). The van der Waals surface area contributed by atoms with Gasteiger partial charge in [-0.1, -0.05) is 24.3 Å². The van der Waals surface area contributed by atoms with E-state index in [-0.39, 0.29) is 11.3 Å². The van der Waals surface area contributed by atoms with Gasteiger partial charge in [0.05, 0.1) is 13.0 Å². The second kappa shape index (κ2) is 7.32. The summed E-state index contributed by atoms with van der Waals surface area (Å²) in [5.74, 6) is 1.77. The van der Waals surface area contributed by atoms with Crippen LogP contribution in [0.2, 0.25) is 0 Å². The molecule has 3 aliphatic rings. The Bertz CT molecular complexity index is 657. The molecular formula is C22H32N2O2. The normalized spacial score (nSPS) is 29.0. The van der Waals surface area contributed by atoms with Crippen molar-refractivity contribution in [2.24, 2.45) is 17.3 Å². The van der Waals surface area contributed by atoms with E-state index in [1.807, 2.05) is 19.2 Å². The first kappa shape index (κ1) is 18.0. The van der Waals surface area contributed by atoms with Gasteiger partial charge in [0.15, 0.2) is 0 Å². The molecule has 1 amide bonds. The number of carbonyl (C=O) groups excluding carboxylic acids is 1. The number of carbonyl (C=O) groups is 1. The van der Waals surface area contributed by atoms with Crippen LogP contribution in [0.25, 0.3) is 0 Å². The molecule has 1 aromatic carbocycles. The summed E-state index contributed by atoms with van der Waals surface area (Å²) in [6.45, 7) is 8.26. The fourth-order valence-corrected chi connectivity index (χ4v) is 5.03. The van der Waals surface area contributed by atoms with Gasteiger partial charge in [0.25, 0.3) is 0 Å². The van der Waals surface area contributed by atoms with E-state index in [1.165, 1.54) is 24.9 Å². The van der Waals surface area contributed by atoms with Crippen LogP contribution in [0.15, 0.2) is 24.3 Å². The molecule has 1 aliphatic carbocycles. The molecule has 1 spiro atoms. The molecule has 0 N–H and O–H groups in total. The quantitative estimate of drug-likeness (QED) is 0.786. The maximum absolute atomic E-state index is 12.9. The Balaban J connectivity index is 1.41. The van der Waals surface area contributed by atoms with Crippen LogP contribution in [0.1, 0.15) is 30.4 Å². The zero-order chi connectivity index (χ0) is 18.1. The highest BCUT2D eigenvalue weighted by molar-refractivity contribution is 5.79. The molecule has 4 heteroatoms. The lowest BCUT2D eigenvalue weighted by Gasteiger charge is -2.30. The lowest BCUT2D eigenvalue weighted by atomic mass is 9.77. The van der Waals surface area contributed by atoms with E-state index in [2.05, 4.69) is 28.9 Å². The van der Waals surface area contributed by atoms with E-state index in [9.17, 15) is 4.79 Å². The minimum absolute atomic E-state index is 0.242. The molecule has 26 heavy (non-hydrogen) atoms. The highest BCUT2D eigenvalue weighted by Gasteiger charge is 2.51. The summed E-state index contributed by atoms with van der Waals surface area (Å²) in [7, 11) is 1.81. The van der Waals surface area contributed by atoms with E-state index in [0.717, 1.165) is 50.7 Å². The van der Waals surface area contributed by atoms with Crippen molar-refractivity contribution in [3.05, 3.63) is 35.4 Å². The molecule has 2 atom stereocenters. The number of methoxy groups -OCH3 is 1. The number of rotatable bonds is 6. The van der Waals surface area contributed by atoms with Crippen molar-refractivity contribution in [2.75, 3.05) is 46.4 Å². The Morgan fingerprint density at radius 3 is 2.81 bits per heavy atom. The lowest BCUT2D eigenvalue weighted by Crippen LogP contribution is -2.38. The first-order valence-corrected chi connectivity index (χ1v) is 10.1. The van der Waals surface area contributed by atoms with Crippen molar-refractivity contribution in [1.82, 2.24) is 9.80 Å². The number of aryl methyl sites for hydroxylation is 1. The van der Waals surface area contributed by atoms with Gasteiger partial charge in [-0.25, -0.2) is 0 Å². The Hall–Kier alpha value is -1.39. The van der Waals surface area contributed by atoms with Gasteiger partial charge >= 0.3 is 0 Å². The smallest absolute Gasteiger partial charge is 0.227 e. The molecule has 142 valence electrons. The fourth-order valence-electron chi connectivity index (χ4n) is 5.03. The molecule has 4 nitrogen and oxygen atoms in total. The lowest BCUT2D eigenvalue weighted by molar-refractivity contribution is -0.130. The minimum atomic E-state index is 0.242. The molecule has 2 aliphatic heterocycles. The number of likely N-dealkylation sites (tertiary alicyclic amines) is 2. The number of hydrogen-bond donors (Lipinski definition) is 0. The van der Waals surface area contributed by atoms with Crippen molar-refractivity contribution in [1.29, 1.82) is 0 Å². The first-order chi connectivity index (χ1) is 12.6. The molecule has 3 fully saturated rings. The van der Waals surface area contributed by atoms with Crippen LogP contribution in [0.5, 0.6) is 0 Å². The zero-order valence-corrected chi connectivity index (χ0v) is 16.2. The standard InChI is InChI=1S/C22H32N2O2/c1-17-5-3-4-6-19(17)11-21(25)24-10-9-22(16-24)15-23(12-18-7-8-18)13-20(22)14-26-2/h3-6,18,20H,7-16H2,1-2H3/t20-,22-/m0/s1. The van der Waals surface area contributed by atoms with Crippen LogP contribution >= 0.6 is 0 Å². The predicted molar refractivity (Wildman–Crippen MR) is 103 cm³/mol. The Labute approximate surface area is 157 Å². The van der Waals surface area contributed by atoms with E-state index in [1.54, 1.807) is 0 Å². The molecule has 2 saturated heterocycles. The summed E-state index contributed by atoms with van der Waals surface area (Å²) in [5.41, 5.74) is 2.61. The molecule has 0 unspecified atom stereocenters. The topological polar surface area (TPSA) is 32.8 Å². The highest BCUT2D eigenvalue weighted by atomic mass is 16.5. The third kappa shape index (κ3) is 3.67. The average Bonchev–Trinajstić information content (AvgIpc) is 3.23. The molecule has 0 aromatic heterocycles. The van der Waals surface area contributed by atoms with E-state index in [0.29, 0.717) is 12.3 Å². The van der Waals surface area contributed by atoms with Gasteiger partial charge in [0.1, 0.15) is 0 Å². The zero-order valence-electron chi connectivity index (χ0n) is 16.2. The summed E-state index contributed by atoms with van der Waals surface area (Å²) >= 11 is 0. The molecule has 0 bridgehead atoms. The molecule has 0 radical (unpaired) electrons. The summed E-state index contributed by atoms with van der Waals surface area (Å²) in [4.78, 5) is 17.7. The first-order valence-electron chi connectivity index (χ1n) is 10.1. The summed E-state index contributed by atoms with van der Waals surface area (Å²) in [6.07, 6.45) is 4.46. The van der Waals surface area contributed by atoms with Gasteiger partial charge in [-0.2, -0.15) is 0 Å². The summed E-state index contributed by atoms with van der Waals surface area (Å²) in [6, 6.07) is 8.24. The van der Waals surface area contributed by atoms with Gasteiger partial charge in [0, 0.05) is 51.2 Å². The average molecular weight is 357 g/mol. The minimum Gasteiger partial charge on any atom is -0.384 e. The number of hydrogen-bond acceptors (Lipinski definition) is 3. The van der Waals surface area contributed by atoms with Gasteiger partial charge in [0.2, 0.25) is 5.91 Å². The number of benzene rings is 1. The van der Waals surface area contributed by atoms with Crippen LogP contribution in [0.3, 0.4) is 0 Å². The van der Waals surface area contributed by atoms with Crippen molar-refractivity contribution >= 4 is 5.91 Å². The van der Waals surface area contributed by atoms with Crippen LogP contribution < -0.4 is 0 Å². The van der Waals surface area contributed by atoms with Crippen molar-refractivity contribution in [3.8, 4) is 0 Å². The van der Waals surface area contributed by atoms with E-state index >= 15 is 0 Å². The van der Waals surface area contributed by atoms with Crippen molar-refractivity contribution < 1.29 is 9.53 Å². The third-order valence-corrected chi connectivity index (χ3v) is 6.81. The van der Waals surface area contributed by atoms with Crippen molar-refractivity contribution in [2.45, 2.75) is 32.6 Å².